The number of nitrogens with one attached hydrogen (secondary N) is 2. The molecule has 0 saturated heterocycles. The van der Waals surface area contributed by atoms with E-state index in [1.54, 1.807) is 48.6 Å². The van der Waals surface area contributed by atoms with Crippen molar-refractivity contribution in [1.29, 1.82) is 5.41 Å². The topological polar surface area (TPSA) is 106 Å². The van der Waals surface area contributed by atoms with Gasteiger partial charge in [-0.15, -0.1) is 0 Å². The highest BCUT2D eigenvalue weighted by Crippen LogP contribution is 2.28. The van der Waals surface area contributed by atoms with E-state index < -0.39 is 11.9 Å². The minimum atomic E-state index is -0.628. The molecule has 0 aliphatic rings. The van der Waals surface area contributed by atoms with Crippen molar-refractivity contribution < 1.29 is 23.9 Å². The quantitative estimate of drug-likeness (QED) is 0.125. The van der Waals surface area contributed by atoms with Crippen LogP contribution in [0.25, 0.3) is 12.2 Å². The average Bonchev–Trinajstić information content (AvgIpc) is 2.84. The number of carbonyl (C=O) groups is 3. The molecule has 7 heteroatoms. The fourth-order valence-corrected chi connectivity index (χ4v) is 2.72. The Bertz CT molecular complexity index is 1110. The molecule has 0 bridgehead atoms. The van der Waals surface area contributed by atoms with Gasteiger partial charge in [-0.05, 0) is 53.6 Å². The highest BCUT2D eigenvalue weighted by atomic mass is 16.5. The fraction of sp³-hybridized carbons (Fsp3) is 0.0370. The van der Waals surface area contributed by atoms with Crippen LogP contribution in [0.1, 0.15) is 16.7 Å². The van der Waals surface area contributed by atoms with E-state index in [4.69, 9.17) is 14.9 Å². The lowest BCUT2D eigenvalue weighted by molar-refractivity contribution is -0.129. The third-order valence-corrected chi connectivity index (χ3v) is 4.38. The zero-order valence-corrected chi connectivity index (χ0v) is 18.5. The molecule has 0 aliphatic carbocycles. The van der Waals surface area contributed by atoms with Gasteiger partial charge in [-0.2, -0.15) is 0 Å². The zero-order valence-electron chi connectivity index (χ0n) is 18.5. The van der Waals surface area contributed by atoms with Crippen LogP contribution < -0.4 is 14.8 Å². The van der Waals surface area contributed by atoms with E-state index >= 15 is 0 Å². The minimum absolute atomic E-state index is 0.0181. The molecule has 1 amide bonds. The molecular formula is C27H24N2O5. The third-order valence-electron chi connectivity index (χ3n) is 4.38. The Labute approximate surface area is 197 Å². The van der Waals surface area contributed by atoms with Gasteiger partial charge in [0.05, 0.1) is 5.69 Å². The van der Waals surface area contributed by atoms with Crippen molar-refractivity contribution in [3.05, 3.63) is 104 Å². The van der Waals surface area contributed by atoms with E-state index in [1.807, 2.05) is 0 Å². The van der Waals surface area contributed by atoms with Gasteiger partial charge in [0.2, 0.25) is 11.8 Å². The van der Waals surface area contributed by atoms with E-state index in [9.17, 15) is 14.4 Å². The number of rotatable bonds is 11. The van der Waals surface area contributed by atoms with Crippen LogP contribution in [0, 0.1) is 5.41 Å². The highest BCUT2D eigenvalue weighted by Gasteiger charge is 2.11. The van der Waals surface area contributed by atoms with Gasteiger partial charge in [0, 0.05) is 18.1 Å². The Kier molecular flexibility index (Phi) is 9.22. The molecule has 34 heavy (non-hydrogen) atoms. The summed E-state index contributed by atoms with van der Waals surface area (Å²) in [7, 11) is 0. The van der Waals surface area contributed by atoms with Crippen LogP contribution in [-0.4, -0.2) is 23.6 Å². The summed E-state index contributed by atoms with van der Waals surface area (Å²) in [6, 6.07) is 10.1. The van der Waals surface area contributed by atoms with E-state index in [0.717, 1.165) is 17.7 Å². The van der Waals surface area contributed by atoms with Crippen molar-refractivity contribution >= 4 is 41.4 Å². The van der Waals surface area contributed by atoms with Gasteiger partial charge in [0.15, 0.2) is 11.5 Å². The van der Waals surface area contributed by atoms with Crippen molar-refractivity contribution in [2.75, 3.05) is 5.32 Å². The standard InChI is InChI=1S/C27H24N2O5/c1-5-21(30)17-20-15-18(12-14-23(20)34-27(32)8-4)9-10-19-11-13-22(29-26(31)7-3)24(16-19)33-25(28)6-2/h5-16,28H,1-4,17H2,(H,29,31)/b10-9+,28-25?. The van der Waals surface area contributed by atoms with Crippen LogP contribution in [-0.2, 0) is 20.8 Å². The van der Waals surface area contributed by atoms with Gasteiger partial charge in [-0.25, -0.2) is 4.79 Å². The normalized spacial score (nSPS) is 10.1. The SMILES string of the molecule is C=CC(=N)Oc1cc(/C=C/c2ccc(OC(=O)C=C)c(CC(=O)C=C)c2)ccc1NC(=O)C=C. The Balaban J connectivity index is 2.38. The molecule has 0 saturated carbocycles. The molecule has 2 aromatic carbocycles. The largest absolute Gasteiger partial charge is 0.437 e. The average molecular weight is 456 g/mol. The molecule has 0 spiro atoms. The van der Waals surface area contributed by atoms with E-state index in [2.05, 4.69) is 31.6 Å². The van der Waals surface area contributed by atoms with Crippen LogP contribution in [0.3, 0.4) is 0 Å². The summed E-state index contributed by atoms with van der Waals surface area (Å²) in [5.41, 5.74) is 2.35. The number of allylic oxidation sites excluding steroid dienone is 1. The summed E-state index contributed by atoms with van der Waals surface area (Å²) < 4.78 is 10.7. The summed E-state index contributed by atoms with van der Waals surface area (Å²) in [6.07, 6.45) is 8.20. The molecule has 0 aromatic heterocycles. The van der Waals surface area contributed by atoms with Crippen LogP contribution >= 0.6 is 0 Å². The van der Waals surface area contributed by atoms with Gasteiger partial charge in [0.1, 0.15) is 5.75 Å². The second-order valence-electron chi connectivity index (χ2n) is 6.79. The number of carbonyl (C=O) groups excluding carboxylic acids is 3. The fourth-order valence-electron chi connectivity index (χ4n) is 2.72. The van der Waals surface area contributed by atoms with Gasteiger partial charge in [-0.1, -0.05) is 50.6 Å². The second kappa shape index (κ2) is 12.3. The monoisotopic (exact) mass is 456 g/mol. The number of ether oxygens (including phenoxy) is 2. The van der Waals surface area contributed by atoms with E-state index in [-0.39, 0.29) is 29.6 Å². The van der Waals surface area contributed by atoms with Gasteiger partial charge >= 0.3 is 5.97 Å². The van der Waals surface area contributed by atoms with Gasteiger partial charge in [0.25, 0.3) is 0 Å². The number of esters is 1. The molecule has 172 valence electrons. The summed E-state index contributed by atoms with van der Waals surface area (Å²) in [4.78, 5) is 35.2. The first-order chi connectivity index (χ1) is 16.3. The lowest BCUT2D eigenvalue weighted by Gasteiger charge is -2.12. The van der Waals surface area contributed by atoms with Gasteiger partial charge < -0.3 is 14.8 Å². The maximum absolute atomic E-state index is 11.9. The number of benzene rings is 2. The Morgan fingerprint density at radius 2 is 1.50 bits per heavy atom. The molecule has 0 atom stereocenters. The van der Waals surface area contributed by atoms with Crippen molar-refractivity contribution in [3.8, 4) is 11.5 Å². The molecule has 0 radical (unpaired) electrons. The molecule has 0 unspecified atom stereocenters. The zero-order chi connectivity index (χ0) is 25.1. The van der Waals surface area contributed by atoms with E-state index in [1.165, 1.54) is 12.2 Å². The molecule has 7 nitrogen and oxygen atoms in total. The van der Waals surface area contributed by atoms with E-state index in [0.29, 0.717) is 16.8 Å². The molecule has 0 aliphatic heterocycles. The number of hydrogen-bond acceptors (Lipinski definition) is 6. The Morgan fingerprint density at radius 1 is 0.824 bits per heavy atom. The van der Waals surface area contributed by atoms with Gasteiger partial charge in [-0.3, -0.25) is 15.0 Å². The van der Waals surface area contributed by atoms with Crippen LogP contribution in [0.5, 0.6) is 11.5 Å². The maximum Gasteiger partial charge on any atom is 0.335 e. The van der Waals surface area contributed by atoms with Crippen molar-refractivity contribution in [2.24, 2.45) is 0 Å². The first kappa shape index (κ1) is 25.5. The predicted molar refractivity (Wildman–Crippen MR) is 134 cm³/mol. The number of ketones is 1. The molecule has 0 heterocycles. The highest BCUT2D eigenvalue weighted by molar-refractivity contribution is 6.00. The Morgan fingerprint density at radius 3 is 2.12 bits per heavy atom. The summed E-state index contributed by atoms with van der Waals surface area (Å²) in [6.45, 7) is 13.8. The molecular weight excluding hydrogens is 432 g/mol. The first-order valence-corrected chi connectivity index (χ1v) is 10.1. The molecule has 0 fully saturated rings. The lowest BCUT2D eigenvalue weighted by Crippen LogP contribution is -2.11. The summed E-state index contributed by atoms with van der Waals surface area (Å²) in [5, 5.41) is 10.3. The lowest BCUT2D eigenvalue weighted by atomic mass is 10.0. The number of hydrogen-bond donors (Lipinski definition) is 2. The third kappa shape index (κ3) is 7.42. The number of anilines is 1. The molecule has 2 N–H and O–H groups in total. The maximum atomic E-state index is 11.9. The predicted octanol–water partition coefficient (Wildman–Crippen LogP) is 4.91. The van der Waals surface area contributed by atoms with Crippen LogP contribution in [0.15, 0.2) is 87.0 Å². The van der Waals surface area contributed by atoms with Crippen molar-refractivity contribution in [1.82, 2.24) is 0 Å². The van der Waals surface area contributed by atoms with Crippen molar-refractivity contribution in [3.63, 3.8) is 0 Å². The van der Waals surface area contributed by atoms with Crippen LogP contribution in [0.4, 0.5) is 5.69 Å². The van der Waals surface area contributed by atoms with Crippen molar-refractivity contribution in [2.45, 2.75) is 6.42 Å². The summed E-state index contributed by atoms with van der Waals surface area (Å²) >= 11 is 0. The summed E-state index contributed by atoms with van der Waals surface area (Å²) in [5.74, 6) is -0.935. The number of amides is 1. The Hall–Kier alpha value is -4.78. The minimum Gasteiger partial charge on any atom is -0.437 e. The second-order valence-corrected chi connectivity index (χ2v) is 6.79. The first-order valence-electron chi connectivity index (χ1n) is 10.1. The van der Waals surface area contributed by atoms with Crippen LogP contribution in [0.2, 0.25) is 0 Å². The molecule has 2 rings (SSSR count). The molecule has 2 aromatic rings. The smallest absolute Gasteiger partial charge is 0.335 e.